The van der Waals surface area contributed by atoms with Gasteiger partial charge in [0.25, 0.3) is 5.91 Å². The molecule has 1 spiro atoms. The largest absolute Gasteiger partial charge is 0.393 e. The van der Waals surface area contributed by atoms with E-state index in [9.17, 15) is 9.90 Å². The molecule has 3 heterocycles. The first-order valence-electron chi connectivity index (χ1n) is 9.29. The Balaban J connectivity index is 1.44. The van der Waals surface area contributed by atoms with Gasteiger partial charge in [-0.3, -0.25) is 9.89 Å². The third kappa shape index (κ3) is 3.27. The molecule has 2 N–H and O–H groups in total. The lowest BCUT2D eigenvalue weighted by atomic mass is 9.83. The van der Waals surface area contributed by atoms with Gasteiger partial charge in [0.15, 0.2) is 0 Å². The topological polar surface area (TPSA) is 78.5 Å². The molecule has 4 rings (SSSR count). The summed E-state index contributed by atoms with van der Waals surface area (Å²) in [5.74, 6) is -0.0245. The van der Waals surface area contributed by atoms with Gasteiger partial charge in [0.1, 0.15) is 5.69 Å². The summed E-state index contributed by atoms with van der Waals surface area (Å²) in [7, 11) is 0. The van der Waals surface area contributed by atoms with Gasteiger partial charge >= 0.3 is 0 Å². The highest BCUT2D eigenvalue weighted by molar-refractivity contribution is 5.93. The number of nitrogens with zero attached hydrogens (tertiary/aromatic N) is 2. The van der Waals surface area contributed by atoms with Gasteiger partial charge in [-0.15, -0.1) is 0 Å². The zero-order valence-corrected chi connectivity index (χ0v) is 15.1. The van der Waals surface area contributed by atoms with Gasteiger partial charge in [-0.25, -0.2) is 0 Å². The molecule has 138 valence electrons. The van der Waals surface area contributed by atoms with Crippen LogP contribution in [0.1, 0.15) is 41.7 Å². The number of nitrogens with one attached hydrogen (secondary N) is 1. The van der Waals surface area contributed by atoms with Crippen LogP contribution in [-0.4, -0.2) is 57.5 Å². The molecule has 26 heavy (non-hydrogen) atoms. The van der Waals surface area contributed by atoms with E-state index in [2.05, 4.69) is 10.2 Å². The molecular formula is C20H25N3O3. The van der Waals surface area contributed by atoms with E-state index in [0.717, 1.165) is 29.7 Å². The lowest BCUT2D eigenvalue weighted by molar-refractivity contribution is -0.139. The second-order valence-electron chi connectivity index (χ2n) is 7.45. The lowest BCUT2D eigenvalue weighted by Gasteiger charge is -2.45. The van der Waals surface area contributed by atoms with Crippen molar-refractivity contribution < 1.29 is 14.6 Å². The van der Waals surface area contributed by atoms with E-state index in [1.54, 1.807) is 0 Å². The van der Waals surface area contributed by atoms with Crippen LogP contribution >= 0.6 is 0 Å². The van der Waals surface area contributed by atoms with Crippen LogP contribution in [0.4, 0.5) is 0 Å². The second-order valence-corrected chi connectivity index (χ2v) is 7.45. The molecule has 1 atom stereocenters. The molecule has 2 fully saturated rings. The fourth-order valence-electron chi connectivity index (χ4n) is 4.07. The van der Waals surface area contributed by atoms with Crippen molar-refractivity contribution in [2.24, 2.45) is 0 Å². The van der Waals surface area contributed by atoms with Gasteiger partial charge in [0.05, 0.1) is 17.4 Å². The number of hydrogen-bond donors (Lipinski definition) is 2. The number of aromatic amines is 1. The molecule has 2 aliphatic heterocycles. The number of rotatable bonds is 2. The minimum absolute atomic E-state index is 0.0245. The van der Waals surface area contributed by atoms with Crippen LogP contribution in [0.5, 0.6) is 0 Å². The zero-order valence-electron chi connectivity index (χ0n) is 15.1. The maximum atomic E-state index is 12.8. The second kappa shape index (κ2) is 6.85. The number of aryl methyl sites for hydroxylation is 1. The van der Waals surface area contributed by atoms with Crippen LogP contribution in [0, 0.1) is 6.92 Å². The third-order valence-electron chi connectivity index (χ3n) is 5.66. The Bertz CT molecular complexity index is 793. The summed E-state index contributed by atoms with van der Waals surface area (Å²) in [6.45, 7) is 3.93. The number of carbonyl (C=O) groups excluding carboxylic acids is 1. The van der Waals surface area contributed by atoms with Gasteiger partial charge in [-0.2, -0.15) is 5.10 Å². The zero-order chi connectivity index (χ0) is 18.1. The van der Waals surface area contributed by atoms with E-state index >= 15 is 0 Å². The maximum Gasteiger partial charge on any atom is 0.271 e. The summed E-state index contributed by atoms with van der Waals surface area (Å²) < 4.78 is 5.97. The molecule has 0 aliphatic carbocycles. The summed E-state index contributed by atoms with van der Waals surface area (Å²) in [6, 6.07) is 9.84. The van der Waals surface area contributed by atoms with Crippen molar-refractivity contribution >= 4 is 5.91 Å². The van der Waals surface area contributed by atoms with Crippen LogP contribution in [-0.2, 0) is 4.74 Å². The highest BCUT2D eigenvalue weighted by Gasteiger charge is 2.41. The molecule has 0 radical (unpaired) electrons. The van der Waals surface area contributed by atoms with Crippen molar-refractivity contribution in [3.63, 3.8) is 0 Å². The quantitative estimate of drug-likeness (QED) is 0.868. The van der Waals surface area contributed by atoms with E-state index < -0.39 is 0 Å². The summed E-state index contributed by atoms with van der Waals surface area (Å²) in [6.07, 6.45) is 2.65. The Morgan fingerprint density at radius 2 is 2.12 bits per heavy atom. The number of aliphatic hydroxyl groups excluding tert-OH is 1. The van der Waals surface area contributed by atoms with Crippen LogP contribution < -0.4 is 0 Å². The van der Waals surface area contributed by atoms with Gasteiger partial charge in [0.2, 0.25) is 0 Å². The van der Waals surface area contributed by atoms with E-state index in [1.165, 1.54) is 0 Å². The van der Waals surface area contributed by atoms with Crippen LogP contribution in [0.3, 0.4) is 0 Å². The summed E-state index contributed by atoms with van der Waals surface area (Å²) in [5, 5.41) is 17.2. The van der Waals surface area contributed by atoms with Crippen LogP contribution in [0.25, 0.3) is 11.3 Å². The normalized spacial score (nSPS) is 22.5. The molecule has 1 unspecified atom stereocenters. The maximum absolute atomic E-state index is 12.8. The molecule has 1 aromatic carbocycles. The SMILES string of the molecule is Cc1ccccc1-c1cc(C(=O)N2CCC3(CC2)CC(O)CCO3)[nH]n1. The Morgan fingerprint density at radius 1 is 1.35 bits per heavy atom. The molecule has 2 aromatic rings. The number of carbonyl (C=O) groups is 1. The number of ether oxygens (including phenoxy) is 1. The number of H-pyrrole nitrogens is 1. The number of benzene rings is 1. The van der Waals surface area contributed by atoms with E-state index in [4.69, 9.17) is 4.74 Å². The Morgan fingerprint density at radius 3 is 2.85 bits per heavy atom. The Kier molecular flexibility index (Phi) is 4.54. The van der Waals surface area contributed by atoms with E-state index in [0.29, 0.717) is 38.2 Å². The molecule has 2 aliphatic rings. The smallest absolute Gasteiger partial charge is 0.271 e. The average molecular weight is 355 g/mol. The predicted octanol–water partition coefficient (Wildman–Crippen LogP) is 2.53. The number of likely N-dealkylation sites (tertiary alicyclic amines) is 1. The molecule has 0 saturated carbocycles. The summed E-state index contributed by atoms with van der Waals surface area (Å²) in [4.78, 5) is 14.7. The first kappa shape index (κ1) is 17.2. The van der Waals surface area contributed by atoms with Crippen molar-refractivity contribution in [2.45, 2.75) is 44.3 Å². The molecule has 6 heteroatoms. The Labute approximate surface area is 153 Å². The molecule has 6 nitrogen and oxygen atoms in total. The lowest BCUT2D eigenvalue weighted by Crippen LogP contribution is -2.51. The Hall–Kier alpha value is -2.18. The number of hydrogen-bond acceptors (Lipinski definition) is 4. The van der Waals surface area contributed by atoms with Crippen molar-refractivity contribution in [1.29, 1.82) is 0 Å². The molecule has 1 amide bonds. The highest BCUT2D eigenvalue weighted by atomic mass is 16.5. The minimum atomic E-state index is -0.282. The molecular weight excluding hydrogens is 330 g/mol. The number of amides is 1. The highest BCUT2D eigenvalue weighted by Crippen LogP contribution is 2.35. The fourth-order valence-corrected chi connectivity index (χ4v) is 4.07. The van der Waals surface area contributed by atoms with E-state index in [1.807, 2.05) is 42.2 Å². The van der Waals surface area contributed by atoms with Crippen LogP contribution in [0.2, 0.25) is 0 Å². The summed E-state index contributed by atoms with van der Waals surface area (Å²) in [5.41, 5.74) is 3.22. The van der Waals surface area contributed by atoms with Crippen molar-refractivity contribution in [3.8, 4) is 11.3 Å². The molecule has 1 aromatic heterocycles. The first-order chi connectivity index (χ1) is 12.6. The van der Waals surface area contributed by atoms with Gasteiger partial charge in [-0.1, -0.05) is 24.3 Å². The molecule has 2 saturated heterocycles. The van der Waals surface area contributed by atoms with Crippen molar-refractivity contribution in [3.05, 3.63) is 41.6 Å². The van der Waals surface area contributed by atoms with Crippen molar-refractivity contribution in [2.75, 3.05) is 19.7 Å². The van der Waals surface area contributed by atoms with Crippen molar-refractivity contribution in [1.82, 2.24) is 15.1 Å². The molecule has 0 bridgehead atoms. The number of aromatic nitrogens is 2. The standard InChI is InChI=1S/C20H25N3O3/c1-14-4-2-3-5-16(14)17-12-18(22-21-17)19(25)23-9-7-20(8-10-23)13-15(24)6-11-26-20/h2-5,12,15,24H,6-11,13H2,1H3,(H,21,22). The minimum Gasteiger partial charge on any atom is -0.393 e. The number of aliphatic hydroxyl groups is 1. The summed E-state index contributed by atoms with van der Waals surface area (Å²) >= 11 is 0. The van der Waals surface area contributed by atoms with Gasteiger partial charge in [-0.05, 0) is 37.8 Å². The third-order valence-corrected chi connectivity index (χ3v) is 5.66. The van der Waals surface area contributed by atoms with Gasteiger partial charge < -0.3 is 14.7 Å². The first-order valence-corrected chi connectivity index (χ1v) is 9.29. The predicted molar refractivity (Wildman–Crippen MR) is 97.8 cm³/mol. The average Bonchev–Trinajstić information content (AvgIpc) is 3.12. The van der Waals surface area contributed by atoms with Crippen LogP contribution in [0.15, 0.2) is 30.3 Å². The number of piperidine rings is 1. The van der Waals surface area contributed by atoms with E-state index in [-0.39, 0.29) is 17.6 Å². The van der Waals surface area contributed by atoms with Gasteiger partial charge in [0, 0.05) is 31.7 Å². The monoisotopic (exact) mass is 355 g/mol. The fraction of sp³-hybridized carbons (Fsp3) is 0.500.